The van der Waals surface area contributed by atoms with E-state index in [9.17, 15) is 18.9 Å². The van der Waals surface area contributed by atoms with Gasteiger partial charge in [-0.15, -0.1) is 0 Å². The summed E-state index contributed by atoms with van der Waals surface area (Å²) < 4.78 is 31.7. The third kappa shape index (κ3) is 1.96. The summed E-state index contributed by atoms with van der Waals surface area (Å²) in [5.74, 6) is 0.181. The normalized spacial score (nSPS) is 23.4. The first-order valence-electron chi connectivity index (χ1n) is 4.67. The summed E-state index contributed by atoms with van der Waals surface area (Å²) in [6, 6.07) is 0. The van der Waals surface area contributed by atoms with Gasteiger partial charge in [-0.1, -0.05) is 0 Å². The van der Waals surface area contributed by atoms with Crippen LogP contribution in [-0.4, -0.2) is 26.8 Å². The molecule has 94 valence electrons. The molecular formula is C8H8F2IN3O3. The molecule has 1 aliphatic heterocycles. The minimum atomic E-state index is -2.72. The Kier molecular flexibility index (Phi) is 2.96. The van der Waals surface area contributed by atoms with Gasteiger partial charge in [0.15, 0.2) is 6.61 Å². The van der Waals surface area contributed by atoms with Gasteiger partial charge in [-0.3, -0.25) is 10.1 Å². The monoisotopic (exact) mass is 359 g/mol. The smallest absolute Gasteiger partial charge is 0.283 e. The number of hydrogen-bond donors (Lipinski definition) is 0. The Morgan fingerprint density at radius 3 is 2.88 bits per heavy atom. The van der Waals surface area contributed by atoms with Crippen molar-refractivity contribution in [2.24, 2.45) is 0 Å². The molecule has 0 spiro atoms. The summed E-state index contributed by atoms with van der Waals surface area (Å²) in [6.07, 6.45) is -2.72. The molecule has 1 aromatic heterocycles. The van der Waals surface area contributed by atoms with Crippen molar-refractivity contribution in [3.05, 3.63) is 19.4 Å². The van der Waals surface area contributed by atoms with Crippen molar-refractivity contribution in [3.63, 3.8) is 0 Å². The third-order valence-electron chi connectivity index (χ3n) is 2.53. The van der Waals surface area contributed by atoms with Crippen LogP contribution in [0.3, 0.4) is 0 Å². The first-order chi connectivity index (χ1) is 7.85. The van der Waals surface area contributed by atoms with Crippen LogP contribution in [0, 0.1) is 13.7 Å². The molecule has 2 rings (SSSR count). The van der Waals surface area contributed by atoms with Crippen LogP contribution in [0.4, 0.5) is 8.78 Å². The lowest BCUT2D eigenvalue weighted by atomic mass is 10.0. The summed E-state index contributed by atoms with van der Waals surface area (Å²) >= 11 is 1.71. The molecule has 0 bridgehead atoms. The van der Waals surface area contributed by atoms with Crippen molar-refractivity contribution in [2.75, 3.05) is 6.61 Å². The maximum Gasteiger partial charge on any atom is 0.283 e. The van der Waals surface area contributed by atoms with Crippen LogP contribution in [0.25, 0.3) is 0 Å². The Bertz CT molecular complexity index is 479. The van der Waals surface area contributed by atoms with Gasteiger partial charge in [0.25, 0.3) is 12.0 Å². The molecule has 1 atom stereocenters. The van der Waals surface area contributed by atoms with E-state index in [0.717, 1.165) is 4.68 Å². The predicted octanol–water partition coefficient (Wildman–Crippen LogP) is 1.85. The van der Waals surface area contributed by atoms with Crippen molar-refractivity contribution < 1.29 is 18.4 Å². The number of ether oxygens (including phenoxy) is 1. The Morgan fingerprint density at radius 2 is 2.35 bits per heavy atom. The summed E-state index contributed by atoms with van der Waals surface area (Å²) in [5.41, 5.74) is -1.73. The summed E-state index contributed by atoms with van der Waals surface area (Å²) in [4.78, 5) is 10.4. The first-order valence-corrected chi connectivity index (χ1v) is 5.74. The SMILES string of the molecule is C[C@@]1([N+](=O)[O-])COc2c(I)c(C(F)F)nn2C1. The minimum Gasteiger partial charge on any atom is -0.469 e. The van der Waals surface area contributed by atoms with E-state index in [-0.39, 0.29) is 22.6 Å². The van der Waals surface area contributed by atoms with Crippen LogP contribution in [0.15, 0.2) is 0 Å². The lowest BCUT2D eigenvalue weighted by molar-refractivity contribution is -0.572. The maximum absolute atomic E-state index is 12.6. The summed E-state index contributed by atoms with van der Waals surface area (Å²) in [7, 11) is 0. The largest absolute Gasteiger partial charge is 0.469 e. The quantitative estimate of drug-likeness (QED) is 0.459. The average Bonchev–Trinajstić information content (AvgIpc) is 2.55. The van der Waals surface area contributed by atoms with Gasteiger partial charge in [0, 0.05) is 11.8 Å². The molecule has 9 heteroatoms. The molecule has 0 N–H and O–H groups in total. The molecule has 0 aliphatic carbocycles. The van der Waals surface area contributed by atoms with Gasteiger partial charge in [0.1, 0.15) is 15.8 Å². The zero-order valence-electron chi connectivity index (χ0n) is 8.69. The molecule has 6 nitrogen and oxygen atoms in total. The van der Waals surface area contributed by atoms with Gasteiger partial charge in [-0.25, -0.2) is 13.5 Å². The minimum absolute atomic E-state index is 0.0714. The fourth-order valence-electron chi connectivity index (χ4n) is 1.53. The average molecular weight is 359 g/mol. The zero-order valence-corrected chi connectivity index (χ0v) is 10.8. The molecule has 1 aliphatic rings. The van der Waals surface area contributed by atoms with E-state index in [1.54, 1.807) is 22.6 Å². The molecule has 0 amide bonds. The molecule has 0 saturated carbocycles. The van der Waals surface area contributed by atoms with Gasteiger partial charge >= 0.3 is 0 Å². The molecule has 2 heterocycles. The fraction of sp³-hybridized carbons (Fsp3) is 0.625. The van der Waals surface area contributed by atoms with E-state index in [1.807, 2.05) is 0 Å². The zero-order chi connectivity index (χ0) is 12.8. The molecule has 0 aromatic carbocycles. The molecule has 0 saturated heterocycles. The number of nitro groups is 1. The van der Waals surface area contributed by atoms with Crippen LogP contribution >= 0.6 is 22.6 Å². The lowest BCUT2D eigenvalue weighted by Crippen LogP contribution is -2.48. The van der Waals surface area contributed by atoms with Crippen LogP contribution in [0.1, 0.15) is 19.0 Å². The topological polar surface area (TPSA) is 70.2 Å². The number of halogens is 3. The number of rotatable bonds is 2. The van der Waals surface area contributed by atoms with Crippen LogP contribution in [0.5, 0.6) is 5.88 Å². The van der Waals surface area contributed by atoms with Crippen molar-refractivity contribution in [1.29, 1.82) is 0 Å². The predicted molar refractivity (Wildman–Crippen MR) is 60.8 cm³/mol. The van der Waals surface area contributed by atoms with E-state index in [2.05, 4.69) is 5.10 Å². The number of aromatic nitrogens is 2. The van der Waals surface area contributed by atoms with Gasteiger partial charge in [-0.05, 0) is 22.6 Å². The number of alkyl halides is 2. The second-order valence-electron chi connectivity index (χ2n) is 4.01. The van der Waals surface area contributed by atoms with E-state index in [1.165, 1.54) is 6.92 Å². The van der Waals surface area contributed by atoms with Crippen LogP contribution in [-0.2, 0) is 6.54 Å². The Labute approximate surface area is 108 Å². The Balaban J connectivity index is 2.40. The van der Waals surface area contributed by atoms with Crippen molar-refractivity contribution in [1.82, 2.24) is 9.78 Å². The highest BCUT2D eigenvalue weighted by Gasteiger charge is 2.44. The van der Waals surface area contributed by atoms with Gasteiger partial charge in [-0.2, -0.15) is 5.10 Å². The third-order valence-corrected chi connectivity index (χ3v) is 3.55. The molecule has 0 radical (unpaired) electrons. The van der Waals surface area contributed by atoms with Gasteiger partial charge in [0.05, 0.1) is 0 Å². The van der Waals surface area contributed by atoms with E-state index < -0.39 is 22.6 Å². The first kappa shape index (κ1) is 12.5. The molecule has 1 aromatic rings. The van der Waals surface area contributed by atoms with E-state index in [4.69, 9.17) is 4.74 Å². The van der Waals surface area contributed by atoms with E-state index >= 15 is 0 Å². The second-order valence-corrected chi connectivity index (χ2v) is 5.08. The maximum atomic E-state index is 12.6. The summed E-state index contributed by atoms with van der Waals surface area (Å²) in [5, 5.41) is 14.5. The molecular weight excluding hydrogens is 351 g/mol. The molecule has 0 unspecified atom stereocenters. The second kappa shape index (κ2) is 4.03. The Morgan fingerprint density at radius 1 is 1.71 bits per heavy atom. The highest BCUT2D eigenvalue weighted by atomic mass is 127. The van der Waals surface area contributed by atoms with E-state index in [0.29, 0.717) is 0 Å². The molecule has 0 fully saturated rings. The van der Waals surface area contributed by atoms with Crippen LogP contribution in [0.2, 0.25) is 0 Å². The summed E-state index contributed by atoms with van der Waals surface area (Å²) in [6.45, 7) is 1.18. The van der Waals surface area contributed by atoms with Gasteiger partial charge in [0.2, 0.25) is 5.88 Å². The number of nitrogens with zero attached hydrogens (tertiary/aromatic N) is 3. The van der Waals surface area contributed by atoms with Crippen molar-refractivity contribution in [3.8, 4) is 5.88 Å². The van der Waals surface area contributed by atoms with Crippen molar-refractivity contribution >= 4 is 22.6 Å². The standard InChI is InChI=1S/C8H8F2IN3O3/c1-8(14(15)16)2-13-7(17-3-8)4(11)5(12-13)6(9)10/h6H,2-3H2,1H3/t8-/m0/s1. The van der Waals surface area contributed by atoms with Gasteiger partial charge < -0.3 is 4.74 Å². The Hall–Kier alpha value is -1.00. The van der Waals surface area contributed by atoms with Crippen LogP contribution < -0.4 is 4.74 Å². The fourth-order valence-corrected chi connectivity index (χ4v) is 2.31. The number of fused-ring (bicyclic) bond motifs is 1. The lowest BCUT2D eigenvalue weighted by Gasteiger charge is -2.26. The van der Waals surface area contributed by atoms with Crippen molar-refractivity contribution in [2.45, 2.75) is 25.4 Å². The highest BCUT2D eigenvalue weighted by molar-refractivity contribution is 14.1. The highest BCUT2D eigenvalue weighted by Crippen LogP contribution is 2.35. The number of hydrogen-bond acceptors (Lipinski definition) is 4. The molecule has 17 heavy (non-hydrogen) atoms.